The molecule has 2 heterocycles. The average Bonchev–Trinajstić information content (AvgIpc) is 2.92. The topological polar surface area (TPSA) is 40.6 Å². The highest BCUT2D eigenvalue weighted by Gasteiger charge is 2.43. The van der Waals surface area contributed by atoms with Crippen molar-refractivity contribution in [2.24, 2.45) is 11.8 Å². The van der Waals surface area contributed by atoms with Crippen molar-refractivity contribution < 1.29 is 9.59 Å². The number of likely N-dealkylation sites (tertiary alicyclic amines) is 1. The number of rotatable bonds is 3. The molecule has 5 heteroatoms. The molecule has 2 aliphatic heterocycles. The fourth-order valence-corrected chi connectivity index (χ4v) is 4.67. The Balaban J connectivity index is 1.84. The van der Waals surface area contributed by atoms with E-state index in [1.807, 2.05) is 31.2 Å². The second-order valence-corrected chi connectivity index (χ2v) is 8.80. The van der Waals surface area contributed by atoms with Crippen LogP contribution >= 0.6 is 11.6 Å². The highest BCUT2D eigenvalue weighted by molar-refractivity contribution is 6.45. The van der Waals surface area contributed by atoms with E-state index < -0.39 is 0 Å². The van der Waals surface area contributed by atoms with Crippen LogP contribution < -0.4 is 4.90 Å². The van der Waals surface area contributed by atoms with E-state index in [2.05, 4.69) is 18.7 Å². The predicted octanol–water partition coefficient (Wildman–Crippen LogP) is 4.91. The average molecular weight is 409 g/mol. The molecule has 4 rings (SSSR count). The van der Waals surface area contributed by atoms with E-state index in [-0.39, 0.29) is 11.8 Å². The lowest BCUT2D eigenvalue weighted by atomic mass is 9.91. The SMILES string of the molecule is Cc1ccc(C2=C(N3CC(C)CC(C)C3)C(=O)N(c3cccc(Cl)c3)C2=O)cc1. The second-order valence-electron chi connectivity index (χ2n) is 8.37. The van der Waals surface area contributed by atoms with Crippen LogP contribution in [0, 0.1) is 18.8 Å². The summed E-state index contributed by atoms with van der Waals surface area (Å²) in [6.45, 7) is 7.96. The Morgan fingerprint density at radius 1 is 0.931 bits per heavy atom. The zero-order chi connectivity index (χ0) is 20.7. The van der Waals surface area contributed by atoms with Crippen LogP contribution in [-0.4, -0.2) is 29.8 Å². The minimum atomic E-state index is -0.290. The molecule has 0 N–H and O–H groups in total. The van der Waals surface area contributed by atoms with Gasteiger partial charge < -0.3 is 4.90 Å². The van der Waals surface area contributed by atoms with Crippen LogP contribution in [0.2, 0.25) is 5.02 Å². The molecule has 2 aromatic rings. The summed E-state index contributed by atoms with van der Waals surface area (Å²) in [5, 5.41) is 0.494. The largest absolute Gasteiger partial charge is 0.366 e. The van der Waals surface area contributed by atoms with Crippen molar-refractivity contribution in [3.8, 4) is 0 Å². The van der Waals surface area contributed by atoms with Gasteiger partial charge >= 0.3 is 0 Å². The van der Waals surface area contributed by atoms with Crippen molar-refractivity contribution >= 4 is 34.7 Å². The number of carbonyl (C=O) groups is 2. The monoisotopic (exact) mass is 408 g/mol. The number of nitrogens with zero attached hydrogens (tertiary/aromatic N) is 2. The number of halogens is 1. The lowest BCUT2D eigenvalue weighted by Crippen LogP contribution is -2.42. The Kier molecular flexibility index (Phi) is 5.22. The number of carbonyl (C=O) groups excluding carboxylic acids is 2. The summed E-state index contributed by atoms with van der Waals surface area (Å²) in [6.07, 6.45) is 1.13. The van der Waals surface area contributed by atoms with E-state index in [0.29, 0.717) is 33.8 Å². The van der Waals surface area contributed by atoms with Gasteiger partial charge in [0, 0.05) is 18.1 Å². The molecular formula is C24H25ClN2O2. The molecule has 0 aromatic heterocycles. The van der Waals surface area contributed by atoms with Crippen LogP contribution in [0.1, 0.15) is 31.4 Å². The minimum Gasteiger partial charge on any atom is -0.366 e. The van der Waals surface area contributed by atoms with Gasteiger partial charge in [-0.25, -0.2) is 4.90 Å². The third-order valence-corrected chi connectivity index (χ3v) is 5.89. The van der Waals surface area contributed by atoms with Gasteiger partial charge in [0.1, 0.15) is 5.70 Å². The van der Waals surface area contributed by atoms with Crippen molar-refractivity contribution in [3.63, 3.8) is 0 Å². The number of aryl methyl sites for hydroxylation is 1. The highest BCUT2D eigenvalue weighted by Crippen LogP contribution is 2.37. The molecule has 2 aliphatic rings. The Hall–Kier alpha value is -2.59. The van der Waals surface area contributed by atoms with Crippen molar-refractivity contribution in [3.05, 3.63) is 70.4 Å². The van der Waals surface area contributed by atoms with E-state index in [9.17, 15) is 9.59 Å². The minimum absolute atomic E-state index is 0.269. The summed E-state index contributed by atoms with van der Waals surface area (Å²) in [5.74, 6) is 0.374. The van der Waals surface area contributed by atoms with E-state index >= 15 is 0 Å². The number of anilines is 1. The first-order valence-electron chi connectivity index (χ1n) is 10.1. The zero-order valence-electron chi connectivity index (χ0n) is 17.0. The lowest BCUT2D eigenvalue weighted by molar-refractivity contribution is -0.120. The number of hydrogen-bond donors (Lipinski definition) is 0. The molecule has 0 aliphatic carbocycles. The molecule has 4 nitrogen and oxygen atoms in total. The van der Waals surface area contributed by atoms with Gasteiger partial charge in [-0.15, -0.1) is 0 Å². The maximum Gasteiger partial charge on any atom is 0.282 e. The molecule has 29 heavy (non-hydrogen) atoms. The van der Waals surface area contributed by atoms with Gasteiger partial charge in [-0.05, 0) is 48.9 Å². The van der Waals surface area contributed by atoms with Crippen LogP contribution in [0.15, 0.2) is 54.2 Å². The quantitative estimate of drug-likeness (QED) is 0.677. The highest BCUT2D eigenvalue weighted by atomic mass is 35.5. The summed E-state index contributed by atoms with van der Waals surface area (Å²) in [6, 6.07) is 14.7. The molecule has 2 amide bonds. The van der Waals surface area contributed by atoms with E-state index in [1.165, 1.54) is 4.90 Å². The lowest BCUT2D eigenvalue weighted by Gasteiger charge is -2.37. The van der Waals surface area contributed by atoms with Gasteiger partial charge in [0.2, 0.25) is 0 Å². The summed E-state index contributed by atoms with van der Waals surface area (Å²) < 4.78 is 0. The fourth-order valence-electron chi connectivity index (χ4n) is 4.49. The first-order chi connectivity index (χ1) is 13.8. The Morgan fingerprint density at radius 3 is 2.21 bits per heavy atom. The number of imide groups is 1. The van der Waals surface area contributed by atoms with Crippen LogP contribution in [0.3, 0.4) is 0 Å². The van der Waals surface area contributed by atoms with E-state index in [0.717, 1.165) is 30.6 Å². The summed E-state index contributed by atoms with van der Waals surface area (Å²) in [5.41, 5.74) is 3.39. The fraction of sp³-hybridized carbons (Fsp3) is 0.333. The zero-order valence-corrected chi connectivity index (χ0v) is 17.7. The summed E-state index contributed by atoms with van der Waals surface area (Å²) in [7, 11) is 0. The van der Waals surface area contributed by atoms with E-state index in [4.69, 9.17) is 11.6 Å². The Morgan fingerprint density at radius 2 is 1.59 bits per heavy atom. The predicted molar refractivity (Wildman–Crippen MR) is 117 cm³/mol. The van der Waals surface area contributed by atoms with Crippen molar-refractivity contribution in [1.82, 2.24) is 4.90 Å². The molecule has 1 fully saturated rings. The van der Waals surface area contributed by atoms with Gasteiger partial charge in [-0.1, -0.05) is 61.3 Å². The van der Waals surface area contributed by atoms with Crippen molar-refractivity contribution in [1.29, 1.82) is 0 Å². The number of benzene rings is 2. The normalized spacial score (nSPS) is 22.6. The standard InChI is InChI=1S/C24H25ClN2O2/c1-15-7-9-18(10-8-15)21-22(26-13-16(2)11-17(3)14-26)24(29)27(23(21)28)20-6-4-5-19(25)12-20/h4-10,12,16-17H,11,13-14H2,1-3H3. The molecule has 150 valence electrons. The number of amides is 2. The van der Waals surface area contributed by atoms with Gasteiger partial charge in [-0.2, -0.15) is 0 Å². The van der Waals surface area contributed by atoms with Crippen molar-refractivity contribution in [2.45, 2.75) is 27.2 Å². The molecule has 2 atom stereocenters. The third kappa shape index (κ3) is 3.69. The molecule has 1 saturated heterocycles. The second kappa shape index (κ2) is 7.68. The van der Waals surface area contributed by atoms with Crippen LogP contribution in [0.25, 0.3) is 5.57 Å². The first kappa shape index (κ1) is 19.7. The van der Waals surface area contributed by atoms with Gasteiger partial charge in [0.05, 0.1) is 11.3 Å². The van der Waals surface area contributed by atoms with Gasteiger partial charge in [0.15, 0.2) is 0 Å². The molecular weight excluding hydrogens is 384 g/mol. The summed E-state index contributed by atoms with van der Waals surface area (Å²) in [4.78, 5) is 30.4. The maximum absolute atomic E-state index is 13.6. The van der Waals surface area contributed by atoms with Crippen LogP contribution in [0.4, 0.5) is 5.69 Å². The first-order valence-corrected chi connectivity index (χ1v) is 10.4. The van der Waals surface area contributed by atoms with Gasteiger partial charge in [0.25, 0.3) is 11.8 Å². The maximum atomic E-state index is 13.6. The Bertz CT molecular complexity index is 986. The molecule has 2 unspecified atom stereocenters. The summed E-state index contributed by atoms with van der Waals surface area (Å²) >= 11 is 6.14. The molecule has 2 aromatic carbocycles. The smallest absolute Gasteiger partial charge is 0.282 e. The van der Waals surface area contributed by atoms with Crippen molar-refractivity contribution in [2.75, 3.05) is 18.0 Å². The van der Waals surface area contributed by atoms with Gasteiger partial charge in [-0.3, -0.25) is 9.59 Å². The van der Waals surface area contributed by atoms with Crippen LogP contribution in [-0.2, 0) is 9.59 Å². The molecule has 0 saturated carbocycles. The number of hydrogen-bond acceptors (Lipinski definition) is 3. The third-order valence-electron chi connectivity index (χ3n) is 5.65. The van der Waals surface area contributed by atoms with Crippen LogP contribution in [0.5, 0.6) is 0 Å². The van der Waals surface area contributed by atoms with E-state index in [1.54, 1.807) is 24.3 Å². The molecule has 0 bridgehead atoms. The molecule has 0 spiro atoms. The molecule has 0 radical (unpaired) electrons. The number of piperidine rings is 1. The Labute approximate surface area is 176 Å².